The SMILES string of the molecule is CC(C)c1cnn2c(N(Cc3cccc(NC(=O)/C=C/CN(C)C)c3)C(=O)OC(C)(C)C)cc(NC[C@H]3CCN(C(=O)OC(C)(C)C)C[C@@H]3O)nc12. The molecule has 2 atom stereocenters. The molecule has 1 aliphatic rings. The van der Waals surface area contributed by atoms with Crippen LogP contribution in [0, 0.1) is 5.92 Å². The van der Waals surface area contributed by atoms with Crippen LogP contribution in [0.5, 0.6) is 0 Å². The highest BCUT2D eigenvalue weighted by Gasteiger charge is 2.33. The zero-order chi connectivity index (χ0) is 38.4. The highest BCUT2D eigenvalue weighted by molar-refractivity contribution is 5.99. The molecule has 284 valence electrons. The van der Waals surface area contributed by atoms with Crippen molar-refractivity contribution in [1.29, 1.82) is 0 Å². The predicted octanol–water partition coefficient (Wildman–Crippen LogP) is 5.88. The maximum Gasteiger partial charge on any atom is 0.416 e. The Kier molecular flexibility index (Phi) is 12.9. The molecule has 3 aromatic rings. The van der Waals surface area contributed by atoms with Gasteiger partial charge in [-0.3, -0.25) is 9.69 Å². The summed E-state index contributed by atoms with van der Waals surface area (Å²) in [6, 6.07) is 9.05. The van der Waals surface area contributed by atoms with Gasteiger partial charge >= 0.3 is 12.2 Å². The Balaban J connectivity index is 1.64. The summed E-state index contributed by atoms with van der Waals surface area (Å²) in [4.78, 5) is 49.1. The number of fused-ring (bicyclic) bond motifs is 1. The van der Waals surface area contributed by atoms with Crippen LogP contribution in [0.15, 0.2) is 48.7 Å². The van der Waals surface area contributed by atoms with Crippen LogP contribution in [0.3, 0.4) is 0 Å². The molecule has 0 aliphatic carbocycles. The minimum atomic E-state index is -0.783. The van der Waals surface area contributed by atoms with Gasteiger partial charge in [0.1, 0.15) is 22.8 Å². The molecular formula is C38H56N8O6. The second-order valence-corrected chi connectivity index (χ2v) is 15.8. The Morgan fingerprint density at radius 2 is 1.79 bits per heavy atom. The summed E-state index contributed by atoms with van der Waals surface area (Å²) >= 11 is 0. The number of β-amino-alcohol motifs (C(OH)–C–C–N with tert-alkyl or cyclic N) is 1. The van der Waals surface area contributed by atoms with Gasteiger partial charge in [-0.1, -0.05) is 32.1 Å². The van der Waals surface area contributed by atoms with E-state index >= 15 is 0 Å². The van der Waals surface area contributed by atoms with Crippen LogP contribution in [-0.2, 0) is 20.8 Å². The number of likely N-dealkylation sites (tertiary alicyclic amines) is 1. The van der Waals surface area contributed by atoms with E-state index in [2.05, 4.69) is 15.7 Å². The van der Waals surface area contributed by atoms with Gasteiger partial charge in [-0.2, -0.15) is 9.61 Å². The first-order valence-corrected chi connectivity index (χ1v) is 17.8. The molecule has 52 heavy (non-hydrogen) atoms. The van der Waals surface area contributed by atoms with Crippen molar-refractivity contribution in [2.45, 2.75) is 91.6 Å². The molecule has 3 N–H and O–H groups in total. The van der Waals surface area contributed by atoms with Crippen molar-refractivity contribution in [3.8, 4) is 0 Å². The van der Waals surface area contributed by atoms with Crippen LogP contribution in [0.4, 0.5) is 26.9 Å². The normalized spacial score (nSPS) is 16.8. The summed E-state index contributed by atoms with van der Waals surface area (Å²) in [6.07, 6.45) is 3.80. The van der Waals surface area contributed by atoms with Crippen molar-refractivity contribution in [3.05, 3.63) is 59.8 Å². The Morgan fingerprint density at radius 3 is 2.42 bits per heavy atom. The third-order valence-electron chi connectivity index (χ3n) is 8.19. The first-order chi connectivity index (χ1) is 24.3. The van der Waals surface area contributed by atoms with E-state index in [-0.39, 0.29) is 30.8 Å². The summed E-state index contributed by atoms with van der Waals surface area (Å²) in [5.74, 6) is 0.593. The van der Waals surface area contributed by atoms with E-state index in [9.17, 15) is 19.5 Å². The number of carbonyl (C=O) groups excluding carboxylic acids is 3. The largest absolute Gasteiger partial charge is 0.444 e. The van der Waals surface area contributed by atoms with Gasteiger partial charge in [0, 0.05) is 48.9 Å². The highest BCUT2D eigenvalue weighted by Crippen LogP contribution is 2.30. The number of nitrogens with one attached hydrogen (secondary N) is 2. The molecule has 0 saturated carbocycles. The molecule has 0 radical (unpaired) electrons. The predicted molar refractivity (Wildman–Crippen MR) is 203 cm³/mol. The minimum Gasteiger partial charge on any atom is -0.444 e. The number of anilines is 3. The van der Waals surface area contributed by atoms with E-state index in [0.29, 0.717) is 49.0 Å². The lowest BCUT2D eigenvalue weighted by atomic mass is 9.94. The highest BCUT2D eigenvalue weighted by atomic mass is 16.6. The molecular weight excluding hydrogens is 664 g/mol. The van der Waals surface area contributed by atoms with Crippen molar-refractivity contribution in [2.24, 2.45) is 5.92 Å². The number of likely N-dealkylation sites (N-methyl/N-ethyl adjacent to an activating group) is 1. The zero-order valence-corrected chi connectivity index (χ0v) is 32.3. The van der Waals surface area contributed by atoms with E-state index in [4.69, 9.17) is 14.5 Å². The van der Waals surface area contributed by atoms with Crippen LogP contribution < -0.4 is 15.5 Å². The fourth-order valence-electron chi connectivity index (χ4n) is 5.64. The van der Waals surface area contributed by atoms with Crippen molar-refractivity contribution < 1.29 is 29.0 Å². The van der Waals surface area contributed by atoms with E-state index in [1.165, 1.54) is 15.9 Å². The molecule has 1 fully saturated rings. The molecule has 14 heteroatoms. The van der Waals surface area contributed by atoms with Crippen molar-refractivity contribution in [1.82, 2.24) is 24.4 Å². The van der Waals surface area contributed by atoms with E-state index in [1.54, 1.807) is 28.9 Å². The number of rotatable bonds is 11. The number of hydrogen-bond donors (Lipinski definition) is 3. The van der Waals surface area contributed by atoms with Gasteiger partial charge in [-0.25, -0.2) is 14.6 Å². The van der Waals surface area contributed by atoms with Gasteiger partial charge in [0.15, 0.2) is 5.65 Å². The third kappa shape index (κ3) is 11.4. The number of piperidine rings is 1. The Labute approximate surface area is 307 Å². The minimum absolute atomic E-state index is 0.0918. The summed E-state index contributed by atoms with van der Waals surface area (Å²) in [5, 5.41) is 22.0. The fraction of sp³-hybridized carbons (Fsp3) is 0.553. The van der Waals surface area contributed by atoms with Crippen molar-refractivity contribution >= 4 is 41.1 Å². The van der Waals surface area contributed by atoms with Crippen LogP contribution in [-0.4, -0.2) is 105 Å². The molecule has 4 rings (SSSR count). The summed E-state index contributed by atoms with van der Waals surface area (Å²) in [7, 11) is 3.85. The number of aromatic nitrogens is 3. The van der Waals surface area contributed by atoms with Gasteiger partial charge in [-0.05, 0) is 85.7 Å². The first-order valence-electron chi connectivity index (χ1n) is 17.8. The number of nitrogens with zero attached hydrogens (tertiary/aromatic N) is 6. The quantitative estimate of drug-likeness (QED) is 0.205. The number of carbonyl (C=O) groups is 3. The molecule has 2 aromatic heterocycles. The number of amides is 3. The molecule has 1 saturated heterocycles. The van der Waals surface area contributed by atoms with Crippen molar-refractivity contribution in [2.75, 3.05) is 55.8 Å². The second kappa shape index (κ2) is 16.8. The van der Waals surface area contributed by atoms with Crippen molar-refractivity contribution in [3.63, 3.8) is 0 Å². The first kappa shape index (κ1) is 40.1. The van der Waals surface area contributed by atoms with Crippen LogP contribution in [0.25, 0.3) is 5.65 Å². The van der Waals surface area contributed by atoms with Gasteiger partial charge in [0.05, 0.1) is 25.4 Å². The Bertz CT molecular complexity index is 1740. The van der Waals surface area contributed by atoms with Crippen LogP contribution in [0.1, 0.15) is 78.9 Å². The fourth-order valence-corrected chi connectivity index (χ4v) is 5.64. The smallest absolute Gasteiger partial charge is 0.416 e. The molecule has 0 spiro atoms. The molecule has 14 nitrogen and oxygen atoms in total. The number of hydrogen-bond acceptors (Lipinski definition) is 10. The maximum absolute atomic E-state index is 14.0. The molecule has 1 aliphatic heterocycles. The molecule has 0 unspecified atom stereocenters. The summed E-state index contributed by atoms with van der Waals surface area (Å²) < 4.78 is 13.0. The van der Waals surface area contributed by atoms with E-state index in [0.717, 1.165) is 11.1 Å². The van der Waals surface area contributed by atoms with Gasteiger partial charge in [0.25, 0.3) is 0 Å². The topological polar surface area (TPSA) is 154 Å². The monoisotopic (exact) mass is 720 g/mol. The molecule has 3 heterocycles. The number of aliphatic hydroxyl groups excluding tert-OH is 1. The second-order valence-electron chi connectivity index (χ2n) is 15.8. The Morgan fingerprint density at radius 1 is 1.08 bits per heavy atom. The van der Waals surface area contributed by atoms with Gasteiger partial charge in [-0.15, -0.1) is 0 Å². The third-order valence-corrected chi connectivity index (χ3v) is 8.19. The lowest BCUT2D eigenvalue weighted by Crippen LogP contribution is -2.49. The van der Waals surface area contributed by atoms with Crippen LogP contribution in [0.2, 0.25) is 0 Å². The number of ether oxygens (including phenoxy) is 2. The van der Waals surface area contributed by atoms with Gasteiger partial charge in [0.2, 0.25) is 5.91 Å². The average molecular weight is 721 g/mol. The maximum atomic E-state index is 14.0. The average Bonchev–Trinajstić information content (AvgIpc) is 3.45. The van der Waals surface area contributed by atoms with E-state index in [1.807, 2.05) is 92.6 Å². The Hall–Kier alpha value is -4.69. The van der Waals surface area contributed by atoms with E-state index < -0.39 is 29.5 Å². The number of aliphatic hydroxyl groups is 1. The molecule has 1 aromatic carbocycles. The zero-order valence-electron chi connectivity index (χ0n) is 32.3. The summed E-state index contributed by atoms with van der Waals surface area (Å²) in [6.45, 7) is 16.7. The van der Waals surface area contributed by atoms with Gasteiger partial charge < -0.3 is 35.0 Å². The molecule has 0 bridgehead atoms. The van der Waals surface area contributed by atoms with Crippen LogP contribution >= 0.6 is 0 Å². The lowest BCUT2D eigenvalue weighted by Gasteiger charge is -2.36. The number of benzene rings is 1. The lowest BCUT2D eigenvalue weighted by molar-refractivity contribution is -0.111. The standard InChI is InChI=1S/C38H56N8O6/c1-25(2)29-22-40-46-33(20-31(42-34(29)46)39-21-27-16-18-44(24-30(27)47)35(49)51-37(3,4)5)45(36(50)52-38(6,7)8)23-26-13-11-14-28(19-26)41-32(48)15-12-17-43(9)10/h11-15,19-20,22,25,27,30,47H,16-18,21,23-24H2,1-10H3,(H,39,42)(H,41,48)/b15-12+/t27-,30+/m1/s1. The molecule has 3 amide bonds. The summed E-state index contributed by atoms with van der Waals surface area (Å²) in [5.41, 5.74) is 1.40.